The van der Waals surface area contributed by atoms with Gasteiger partial charge in [0.1, 0.15) is 5.54 Å². The van der Waals surface area contributed by atoms with Gasteiger partial charge in [0.2, 0.25) is 0 Å². The number of halogens is 1. The summed E-state index contributed by atoms with van der Waals surface area (Å²) >= 11 is 6.08. The monoisotopic (exact) mass is 287 g/mol. The van der Waals surface area contributed by atoms with Crippen LogP contribution >= 0.6 is 11.6 Å². The highest BCUT2D eigenvalue weighted by molar-refractivity contribution is 6.31. The normalized spacial score (nSPS) is 14.4. The molecule has 0 saturated heterocycles. The molecule has 1 heterocycles. The number of carboxylic acid groups (broad SMARTS) is 1. The third kappa shape index (κ3) is 3.28. The quantitative estimate of drug-likeness (QED) is 0.808. The Kier molecular flexibility index (Phi) is 5.38. The van der Waals surface area contributed by atoms with Gasteiger partial charge in [-0.1, -0.05) is 18.5 Å². The number of aryl methyl sites for hydroxylation is 2. The molecule has 1 aromatic rings. The molecule has 19 heavy (non-hydrogen) atoms. The minimum Gasteiger partial charge on any atom is -0.480 e. The zero-order valence-electron chi connectivity index (χ0n) is 12.0. The number of rotatable bonds is 7. The van der Waals surface area contributed by atoms with Crippen LogP contribution in [0.15, 0.2) is 0 Å². The van der Waals surface area contributed by atoms with E-state index in [2.05, 4.69) is 10.4 Å². The first kappa shape index (κ1) is 16.0. The van der Waals surface area contributed by atoms with Crippen molar-refractivity contribution in [2.24, 2.45) is 0 Å². The van der Waals surface area contributed by atoms with Crippen LogP contribution in [0.3, 0.4) is 0 Å². The molecule has 0 aliphatic rings. The maximum atomic E-state index is 11.3. The van der Waals surface area contributed by atoms with Gasteiger partial charge in [-0.25, -0.2) is 0 Å². The van der Waals surface area contributed by atoms with Gasteiger partial charge in [0.25, 0.3) is 0 Å². The number of nitrogens with one attached hydrogen (secondary N) is 1. The summed E-state index contributed by atoms with van der Waals surface area (Å²) in [6.45, 7) is 6.35. The maximum Gasteiger partial charge on any atom is 0.323 e. The minimum atomic E-state index is -0.847. The van der Waals surface area contributed by atoms with Crippen molar-refractivity contribution in [2.45, 2.75) is 52.1 Å². The highest BCUT2D eigenvalue weighted by atomic mass is 35.5. The van der Waals surface area contributed by atoms with E-state index in [1.54, 1.807) is 7.05 Å². The summed E-state index contributed by atoms with van der Waals surface area (Å²) in [5, 5.41) is 17.3. The average molecular weight is 288 g/mol. The van der Waals surface area contributed by atoms with Crippen LogP contribution < -0.4 is 5.32 Å². The summed E-state index contributed by atoms with van der Waals surface area (Å²) in [5.74, 6) is -0.802. The van der Waals surface area contributed by atoms with E-state index in [0.29, 0.717) is 24.4 Å². The molecule has 0 spiro atoms. The van der Waals surface area contributed by atoms with E-state index >= 15 is 0 Å². The SMILES string of the molecule is CCC(CCCn1nc(C)c(Cl)c1C)(NC)C(=O)O. The standard InChI is InChI=1S/C13H22ClN3O2/c1-5-13(15-4,12(18)19)7-6-8-17-10(3)11(14)9(2)16-17/h15H,5-8H2,1-4H3,(H,18,19). The molecule has 0 aliphatic carbocycles. The highest BCUT2D eigenvalue weighted by Gasteiger charge is 2.34. The molecule has 1 atom stereocenters. The molecule has 0 fully saturated rings. The molecule has 108 valence electrons. The van der Waals surface area contributed by atoms with Gasteiger partial charge in [0.15, 0.2) is 0 Å². The average Bonchev–Trinajstić information content (AvgIpc) is 2.62. The van der Waals surface area contributed by atoms with Crippen LogP contribution in [0.25, 0.3) is 0 Å². The zero-order chi connectivity index (χ0) is 14.6. The van der Waals surface area contributed by atoms with E-state index in [0.717, 1.165) is 17.8 Å². The molecule has 0 aromatic carbocycles. The van der Waals surface area contributed by atoms with Gasteiger partial charge in [-0.05, 0) is 40.2 Å². The van der Waals surface area contributed by atoms with Crippen LogP contribution in [0.4, 0.5) is 0 Å². The van der Waals surface area contributed by atoms with Gasteiger partial charge >= 0.3 is 5.97 Å². The predicted octanol–water partition coefficient (Wildman–Crippen LogP) is 2.39. The summed E-state index contributed by atoms with van der Waals surface area (Å²) in [6.07, 6.45) is 1.85. The Labute approximate surface area is 118 Å². The lowest BCUT2D eigenvalue weighted by molar-refractivity contribution is -0.145. The predicted molar refractivity (Wildman–Crippen MR) is 75.7 cm³/mol. The van der Waals surface area contributed by atoms with Gasteiger partial charge in [-0.3, -0.25) is 9.48 Å². The van der Waals surface area contributed by atoms with Gasteiger partial charge < -0.3 is 10.4 Å². The van der Waals surface area contributed by atoms with Crippen molar-refractivity contribution in [3.63, 3.8) is 0 Å². The van der Waals surface area contributed by atoms with E-state index in [-0.39, 0.29) is 0 Å². The van der Waals surface area contributed by atoms with E-state index in [9.17, 15) is 9.90 Å². The molecule has 0 bridgehead atoms. The van der Waals surface area contributed by atoms with Crippen molar-refractivity contribution in [3.05, 3.63) is 16.4 Å². The smallest absolute Gasteiger partial charge is 0.323 e. The van der Waals surface area contributed by atoms with E-state index in [4.69, 9.17) is 11.6 Å². The van der Waals surface area contributed by atoms with Crippen molar-refractivity contribution < 1.29 is 9.90 Å². The Morgan fingerprint density at radius 3 is 2.53 bits per heavy atom. The lowest BCUT2D eigenvalue weighted by Gasteiger charge is -2.27. The van der Waals surface area contributed by atoms with Gasteiger partial charge in [-0.15, -0.1) is 0 Å². The lowest BCUT2D eigenvalue weighted by atomic mass is 9.90. The largest absolute Gasteiger partial charge is 0.480 e. The second kappa shape index (κ2) is 6.39. The Balaban J connectivity index is 2.67. The summed E-state index contributed by atoms with van der Waals surface area (Å²) in [7, 11) is 1.69. The Hall–Kier alpha value is -1.07. The molecule has 2 N–H and O–H groups in total. The fraction of sp³-hybridized carbons (Fsp3) is 0.692. The number of carboxylic acids is 1. The van der Waals surface area contributed by atoms with E-state index in [1.807, 2.05) is 25.5 Å². The third-order valence-electron chi connectivity index (χ3n) is 3.76. The molecule has 0 amide bonds. The first-order valence-electron chi connectivity index (χ1n) is 6.49. The van der Waals surface area contributed by atoms with E-state index in [1.165, 1.54) is 0 Å². The summed E-state index contributed by atoms with van der Waals surface area (Å²) in [6, 6.07) is 0. The van der Waals surface area contributed by atoms with Crippen LogP contribution in [0.5, 0.6) is 0 Å². The lowest BCUT2D eigenvalue weighted by Crippen LogP contribution is -2.49. The Morgan fingerprint density at radius 1 is 1.53 bits per heavy atom. The molecule has 1 unspecified atom stereocenters. The second-order valence-electron chi connectivity index (χ2n) is 4.80. The van der Waals surface area contributed by atoms with E-state index < -0.39 is 11.5 Å². The first-order chi connectivity index (χ1) is 8.88. The van der Waals surface area contributed by atoms with Crippen molar-refractivity contribution in [1.29, 1.82) is 0 Å². The summed E-state index contributed by atoms with van der Waals surface area (Å²) in [5.41, 5.74) is 0.897. The fourth-order valence-electron chi connectivity index (χ4n) is 2.27. The molecule has 1 rings (SSSR count). The van der Waals surface area contributed by atoms with Crippen LogP contribution in [0.1, 0.15) is 37.6 Å². The van der Waals surface area contributed by atoms with Crippen LogP contribution in [-0.4, -0.2) is 33.4 Å². The van der Waals surface area contributed by atoms with Crippen LogP contribution in [0.2, 0.25) is 5.02 Å². The Morgan fingerprint density at radius 2 is 2.16 bits per heavy atom. The molecule has 0 saturated carbocycles. The molecule has 6 heteroatoms. The minimum absolute atomic E-state index is 0.552. The topological polar surface area (TPSA) is 67.2 Å². The molecular weight excluding hydrogens is 266 g/mol. The van der Waals surface area contributed by atoms with Crippen LogP contribution in [0, 0.1) is 13.8 Å². The molecule has 1 aromatic heterocycles. The van der Waals surface area contributed by atoms with Gasteiger partial charge in [0.05, 0.1) is 16.4 Å². The molecule has 0 aliphatic heterocycles. The van der Waals surface area contributed by atoms with Gasteiger partial charge in [-0.2, -0.15) is 5.10 Å². The number of aliphatic carboxylic acids is 1. The number of carbonyl (C=O) groups is 1. The molecule has 0 radical (unpaired) electrons. The third-order valence-corrected chi connectivity index (χ3v) is 4.31. The number of likely N-dealkylation sites (N-methyl/N-ethyl adjacent to an activating group) is 1. The maximum absolute atomic E-state index is 11.3. The Bertz CT molecular complexity index is 453. The summed E-state index contributed by atoms with van der Waals surface area (Å²) < 4.78 is 1.84. The number of aromatic nitrogens is 2. The van der Waals surface area contributed by atoms with Crippen molar-refractivity contribution in [1.82, 2.24) is 15.1 Å². The zero-order valence-corrected chi connectivity index (χ0v) is 12.7. The number of hydrogen-bond donors (Lipinski definition) is 2. The number of hydrogen-bond acceptors (Lipinski definition) is 3. The van der Waals surface area contributed by atoms with Crippen LogP contribution in [-0.2, 0) is 11.3 Å². The van der Waals surface area contributed by atoms with Gasteiger partial charge in [0, 0.05) is 6.54 Å². The second-order valence-corrected chi connectivity index (χ2v) is 5.18. The summed E-state index contributed by atoms with van der Waals surface area (Å²) in [4.78, 5) is 11.3. The first-order valence-corrected chi connectivity index (χ1v) is 6.87. The molecule has 5 nitrogen and oxygen atoms in total. The number of nitrogens with zero attached hydrogens (tertiary/aromatic N) is 2. The fourth-order valence-corrected chi connectivity index (χ4v) is 2.40. The highest BCUT2D eigenvalue weighted by Crippen LogP contribution is 2.21. The van der Waals surface area contributed by atoms with Crippen molar-refractivity contribution >= 4 is 17.6 Å². The van der Waals surface area contributed by atoms with Crippen molar-refractivity contribution in [2.75, 3.05) is 7.05 Å². The molecular formula is C13H22ClN3O2. The van der Waals surface area contributed by atoms with Crippen molar-refractivity contribution in [3.8, 4) is 0 Å².